The smallest absolute Gasteiger partial charge is 0.251 e. The van der Waals surface area contributed by atoms with E-state index in [2.05, 4.69) is 19.2 Å². The van der Waals surface area contributed by atoms with E-state index in [0.717, 1.165) is 13.0 Å². The van der Waals surface area contributed by atoms with Gasteiger partial charge in [-0.25, -0.2) is 0 Å². The molecule has 0 bridgehead atoms. The van der Waals surface area contributed by atoms with Crippen molar-refractivity contribution in [1.82, 2.24) is 10.2 Å². The summed E-state index contributed by atoms with van der Waals surface area (Å²) in [4.78, 5) is 26.5. The van der Waals surface area contributed by atoms with Crippen LogP contribution in [-0.4, -0.2) is 49.1 Å². The van der Waals surface area contributed by atoms with E-state index in [1.165, 1.54) is 6.07 Å². The van der Waals surface area contributed by atoms with Crippen molar-refractivity contribution in [3.05, 3.63) is 33.8 Å². The number of fused-ring (bicyclic) bond motifs is 1. The Balaban J connectivity index is 1.58. The molecule has 1 heterocycles. The summed E-state index contributed by atoms with van der Waals surface area (Å²) >= 11 is 11.8. The minimum Gasteiger partial charge on any atom is -0.377 e. The highest BCUT2D eigenvalue weighted by molar-refractivity contribution is 6.42. The fourth-order valence-electron chi connectivity index (χ4n) is 4.26. The van der Waals surface area contributed by atoms with Gasteiger partial charge in [0.1, 0.15) is 0 Å². The van der Waals surface area contributed by atoms with Crippen LogP contribution in [0.15, 0.2) is 18.2 Å². The molecule has 1 saturated carbocycles. The van der Waals surface area contributed by atoms with Gasteiger partial charge in [-0.2, -0.15) is 0 Å². The fraction of sp³-hybridized carbons (Fsp3) is 0.556. The molecule has 2 amide bonds. The molecular weight excluding hydrogens is 363 g/mol. The third kappa shape index (κ3) is 3.25. The maximum Gasteiger partial charge on any atom is 0.251 e. The maximum absolute atomic E-state index is 12.5. The zero-order valence-corrected chi connectivity index (χ0v) is 16.0. The van der Waals surface area contributed by atoms with Crippen LogP contribution < -0.4 is 5.32 Å². The highest BCUT2D eigenvalue weighted by atomic mass is 35.5. The summed E-state index contributed by atoms with van der Waals surface area (Å²) < 4.78 is 5.77. The number of benzene rings is 1. The minimum absolute atomic E-state index is 0.0552. The Kier molecular flexibility index (Phi) is 5.02. The minimum atomic E-state index is -0.352. The summed E-state index contributed by atoms with van der Waals surface area (Å²) in [7, 11) is 1.80. The molecule has 1 aliphatic heterocycles. The van der Waals surface area contributed by atoms with Crippen molar-refractivity contribution in [1.29, 1.82) is 0 Å². The lowest BCUT2D eigenvalue weighted by Crippen LogP contribution is -2.67. The highest BCUT2D eigenvalue weighted by Gasteiger charge is 2.61. The molecular formula is C18H22Cl2N2O3. The van der Waals surface area contributed by atoms with Crippen molar-refractivity contribution < 1.29 is 14.3 Å². The van der Waals surface area contributed by atoms with Crippen LogP contribution in [0.1, 0.15) is 30.6 Å². The van der Waals surface area contributed by atoms with Crippen LogP contribution in [0.2, 0.25) is 10.0 Å². The molecule has 1 aromatic carbocycles. The van der Waals surface area contributed by atoms with Crippen molar-refractivity contribution in [2.75, 3.05) is 20.2 Å². The van der Waals surface area contributed by atoms with Gasteiger partial charge in [0.05, 0.1) is 22.7 Å². The molecule has 0 unspecified atom stereocenters. The number of ether oxygens (including phenoxy) is 1. The predicted octanol–water partition coefficient (Wildman–Crippen LogP) is 3.00. The summed E-state index contributed by atoms with van der Waals surface area (Å²) in [5.41, 5.74) is 0.303. The third-order valence-electron chi connectivity index (χ3n) is 5.43. The molecule has 1 saturated heterocycles. The molecule has 1 N–H and O–H groups in total. The Morgan fingerprint density at radius 3 is 2.72 bits per heavy atom. The van der Waals surface area contributed by atoms with Gasteiger partial charge >= 0.3 is 0 Å². The van der Waals surface area contributed by atoms with E-state index in [1.54, 1.807) is 24.1 Å². The number of likely N-dealkylation sites (N-methyl/N-ethyl adjacent to an activating group) is 1. The third-order valence-corrected chi connectivity index (χ3v) is 6.17. The van der Waals surface area contributed by atoms with Gasteiger partial charge in [-0.15, -0.1) is 0 Å². The standard InChI is InChI=1S/C18H22Cl2N2O3/c1-18(2)15(11-6-7-25-16(11)18)22(3)14(23)9-21-17(24)10-4-5-12(19)13(20)8-10/h4-5,8,11,15-16H,6-7,9H2,1-3H3,(H,21,24)/t11-,15-,16+/m1/s1. The quantitative estimate of drug-likeness (QED) is 0.867. The first-order chi connectivity index (χ1) is 11.7. The van der Waals surface area contributed by atoms with Crippen LogP contribution in [0.25, 0.3) is 0 Å². The first-order valence-electron chi connectivity index (χ1n) is 8.34. The molecule has 1 aromatic rings. The van der Waals surface area contributed by atoms with Crippen LogP contribution in [0, 0.1) is 11.3 Å². The number of carbonyl (C=O) groups is 2. The van der Waals surface area contributed by atoms with Crippen molar-refractivity contribution in [3.8, 4) is 0 Å². The lowest BCUT2D eigenvalue weighted by molar-refractivity contribution is -0.166. The molecule has 1 aliphatic carbocycles. The van der Waals surface area contributed by atoms with Gasteiger partial charge in [0.2, 0.25) is 5.91 Å². The summed E-state index contributed by atoms with van der Waals surface area (Å²) in [6.07, 6.45) is 1.20. The fourth-order valence-corrected chi connectivity index (χ4v) is 4.56. The Morgan fingerprint density at radius 2 is 2.04 bits per heavy atom. The molecule has 136 valence electrons. The second-order valence-corrected chi connectivity index (χ2v) is 8.14. The van der Waals surface area contributed by atoms with Gasteiger partial charge in [0, 0.05) is 36.6 Å². The molecule has 0 radical (unpaired) electrons. The van der Waals surface area contributed by atoms with Crippen molar-refractivity contribution in [3.63, 3.8) is 0 Å². The molecule has 0 aromatic heterocycles. The molecule has 3 rings (SSSR count). The van der Waals surface area contributed by atoms with Gasteiger partial charge in [-0.1, -0.05) is 37.0 Å². The summed E-state index contributed by atoms with van der Waals surface area (Å²) in [6.45, 7) is 4.95. The second kappa shape index (κ2) is 6.78. The molecule has 2 aliphatic rings. The van der Waals surface area contributed by atoms with Crippen LogP contribution in [0.3, 0.4) is 0 Å². The Bertz CT molecular complexity index is 708. The van der Waals surface area contributed by atoms with Crippen molar-refractivity contribution in [2.24, 2.45) is 11.3 Å². The number of amides is 2. The Morgan fingerprint density at radius 1 is 1.32 bits per heavy atom. The first kappa shape index (κ1) is 18.5. The summed E-state index contributed by atoms with van der Waals surface area (Å²) in [6, 6.07) is 4.76. The largest absolute Gasteiger partial charge is 0.377 e. The van der Waals surface area contributed by atoms with E-state index in [1.807, 2.05) is 0 Å². The number of nitrogens with zero attached hydrogens (tertiary/aromatic N) is 1. The lowest BCUT2D eigenvalue weighted by Gasteiger charge is -2.57. The average Bonchev–Trinajstić information content (AvgIpc) is 3.00. The van der Waals surface area contributed by atoms with Crippen LogP contribution in [0.5, 0.6) is 0 Å². The average molecular weight is 385 g/mol. The normalized spacial score (nSPS) is 26.5. The number of hydrogen-bond acceptors (Lipinski definition) is 3. The van der Waals surface area contributed by atoms with Gasteiger partial charge in [-0.05, 0) is 24.6 Å². The van der Waals surface area contributed by atoms with E-state index in [0.29, 0.717) is 21.5 Å². The lowest BCUT2D eigenvalue weighted by atomic mass is 9.57. The van der Waals surface area contributed by atoms with Gasteiger partial charge in [0.25, 0.3) is 5.91 Å². The highest BCUT2D eigenvalue weighted by Crippen LogP contribution is 2.54. The van der Waals surface area contributed by atoms with Crippen molar-refractivity contribution in [2.45, 2.75) is 32.4 Å². The topological polar surface area (TPSA) is 58.6 Å². The van der Waals surface area contributed by atoms with E-state index in [-0.39, 0.29) is 35.9 Å². The summed E-state index contributed by atoms with van der Waals surface area (Å²) in [5.74, 6) is -0.0816. The number of rotatable bonds is 4. The first-order valence-corrected chi connectivity index (χ1v) is 9.09. The Labute approximate surface area is 157 Å². The predicted molar refractivity (Wildman–Crippen MR) is 97.0 cm³/mol. The maximum atomic E-state index is 12.5. The number of nitrogens with one attached hydrogen (secondary N) is 1. The molecule has 25 heavy (non-hydrogen) atoms. The number of hydrogen-bond donors (Lipinski definition) is 1. The van der Waals surface area contributed by atoms with Crippen LogP contribution in [-0.2, 0) is 9.53 Å². The monoisotopic (exact) mass is 384 g/mol. The van der Waals surface area contributed by atoms with Gasteiger partial charge < -0.3 is 15.0 Å². The van der Waals surface area contributed by atoms with E-state index in [9.17, 15) is 9.59 Å². The number of carbonyl (C=O) groups excluding carboxylic acids is 2. The SMILES string of the molecule is CN(C(=O)CNC(=O)c1ccc(Cl)c(Cl)c1)[C@@H]1[C@H]2CCO[C@@H]2C1(C)C. The molecule has 2 fully saturated rings. The van der Waals surface area contributed by atoms with Crippen LogP contribution >= 0.6 is 23.2 Å². The van der Waals surface area contributed by atoms with E-state index < -0.39 is 0 Å². The van der Waals surface area contributed by atoms with E-state index in [4.69, 9.17) is 27.9 Å². The van der Waals surface area contributed by atoms with E-state index >= 15 is 0 Å². The molecule has 0 spiro atoms. The van der Waals surface area contributed by atoms with Gasteiger partial charge in [-0.3, -0.25) is 9.59 Å². The number of halogens is 2. The molecule has 7 heteroatoms. The van der Waals surface area contributed by atoms with Crippen LogP contribution in [0.4, 0.5) is 0 Å². The summed E-state index contributed by atoms with van der Waals surface area (Å²) in [5, 5.41) is 3.34. The van der Waals surface area contributed by atoms with Gasteiger partial charge in [0.15, 0.2) is 0 Å². The second-order valence-electron chi connectivity index (χ2n) is 7.33. The van der Waals surface area contributed by atoms with Crippen molar-refractivity contribution >= 4 is 35.0 Å². The zero-order chi connectivity index (χ0) is 18.4. The molecule has 3 atom stereocenters. The Hall–Kier alpha value is -1.30. The molecule has 5 nitrogen and oxygen atoms in total. The zero-order valence-electron chi connectivity index (χ0n) is 14.5.